The average Bonchev–Trinajstić information content (AvgIpc) is 2.39. The molecule has 0 radical (unpaired) electrons. The van der Waals surface area contributed by atoms with Crippen LogP contribution in [0.1, 0.15) is 32.1 Å². The fourth-order valence-corrected chi connectivity index (χ4v) is 2.70. The molecule has 0 aromatic carbocycles. The number of carboxylic acids is 4. The number of hydrogen-bond acceptors (Lipinski definition) is 5. The molecule has 122 valence electrons. The molecule has 0 aromatic rings. The van der Waals surface area contributed by atoms with Gasteiger partial charge in [-0.2, -0.15) is 0 Å². The molecule has 1 aliphatic rings. The predicted octanol–water partition coefficient (Wildman–Crippen LogP) is 0.0768. The van der Waals surface area contributed by atoms with Crippen molar-refractivity contribution in [2.45, 2.75) is 32.1 Å². The summed E-state index contributed by atoms with van der Waals surface area (Å²) >= 11 is 0. The summed E-state index contributed by atoms with van der Waals surface area (Å²) in [7, 11) is 0. The molecule has 9 nitrogen and oxygen atoms in total. The topological polar surface area (TPSA) is 166 Å². The van der Waals surface area contributed by atoms with E-state index in [-0.39, 0.29) is 12.8 Å². The molecule has 1 fully saturated rings. The van der Waals surface area contributed by atoms with E-state index in [1.165, 1.54) is 0 Å². The lowest BCUT2D eigenvalue weighted by atomic mass is 9.70. The largest absolute Gasteiger partial charge is 0.481 e. The van der Waals surface area contributed by atoms with E-state index < -0.39 is 53.3 Å². The Balaban J connectivity index is 3.23. The van der Waals surface area contributed by atoms with Gasteiger partial charge in [0.2, 0.25) is 0 Å². The first kappa shape index (κ1) is 17.6. The van der Waals surface area contributed by atoms with Crippen LogP contribution in [0.4, 0.5) is 0 Å². The smallest absolute Gasteiger partial charge is 0.332 e. The highest BCUT2D eigenvalue weighted by atomic mass is 16.4. The summed E-state index contributed by atoms with van der Waals surface area (Å²) in [6.45, 7) is 0. The first-order valence-corrected chi connectivity index (χ1v) is 6.60. The Bertz CT molecular complexity index is 486. The lowest BCUT2D eigenvalue weighted by Gasteiger charge is -2.30. The summed E-state index contributed by atoms with van der Waals surface area (Å²) in [6.07, 6.45) is 0.224. The van der Waals surface area contributed by atoms with Crippen molar-refractivity contribution < 1.29 is 44.4 Å². The lowest BCUT2D eigenvalue weighted by Crippen LogP contribution is -2.50. The van der Waals surface area contributed by atoms with Gasteiger partial charge >= 0.3 is 23.9 Å². The molecular weight excluding hydrogens is 300 g/mol. The Kier molecular flexibility index (Phi) is 5.23. The molecule has 1 saturated carbocycles. The third-order valence-electron chi connectivity index (χ3n) is 4.03. The average molecular weight is 316 g/mol. The Hall–Kier alpha value is -2.45. The van der Waals surface area contributed by atoms with Crippen LogP contribution in [-0.4, -0.2) is 50.1 Å². The fourth-order valence-electron chi connectivity index (χ4n) is 2.70. The second-order valence-corrected chi connectivity index (χ2v) is 5.29. The van der Waals surface area contributed by atoms with Gasteiger partial charge in [0.25, 0.3) is 5.41 Å². The van der Waals surface area contributed by atoms with E-state index in [4.69, 9.17) is 15.3 Å². The van der Waals surface area contributed by atoms with Crippen molar-refractivity contribution in [1.82, 2.24) is 0 Å². The normalized spacial score (nSPS) is 20.2. The van der Waals surface area contributed by atoms with E-state index in [1.54, 1.807) is 0 Å². The van der Waals surface area contributed by atoms with E-state index in [1.807, 2.05) is 0 Å². The minimum atomic E-state index is -3.29. The summed E-state index contributed by atoms with van der Waals surface area (Å²) in [4.78, 5) is 56.8. The van der Waals surface area contributed by atoms with Crippen molar-refractivity contribution in [3.63, 3.8) is 0 Å². The van der Waals surface area contributed by atoms with Crippen LogP contribution in [0.15, 0.2) is 0 Å². The molecule has 22 heavy (non-hydrogen) atoms. The number of carbonyl (C=O) groups excluding carboxylic acids is 1. The highest BCUT2D eigenvalue weighted by Crippen LogP contribution is 2.36. The number of aliphatic carboxylic acids is 4. The van der Waals surface area contributed by atoms with E-state index >= 15 is 0 Å². The van der Waals surface area contributed by atoms with Gasteiger partial charge in [0.15, 0.2) is 0 Å². The molecule has 0 aliphatic heterocycles. The first-order valence-electron chi connectivity index (χ1n) is 6.60. The number of carboxylic acid groups (broad SMARTS) is 4. The number of Topliss-reactive ketones (excluding diaryl/α,β-unsaturated/α-hetero) is 1. The zero-order chi connectivity index (χ0) is 17.1. The van der Waals surface area contributed by atoms with Gasteiger partial charge < -0.3 is 20.4 Å². The first-order chi connectivity index (χ1) is 10.1. The SMILES string of the molecule is O=C(O)C(CC(C(=O)O)(C(=O)O)C(=O)O)C1CCCCC1=O. The Morgan fingerprint density at radius 1 is 1.00 bits per heavy atom. The Labute approximate surface area is 124 Å². The van der Waals surface area contributed by atoms with Gasteiger partial charge in [-0.1, -0.05) is 6.42 Å². The van der Waals surface area contributed by atoms with Gasteiger partial charge in [0.05, 0.1) is 5.92 Å². The Morgan fingerprint density at radius 2 is 1.50 bits per heavy atom. The van der Waals surface area contributed by atoms with E-state index in [2.05, 4.69) is 0 Å². The van der Waals surface area contributed by atoms with Crippen LogP contribution in [0.2, 0.25) is 0 Å². The van der Waals surface area contributed by atoms with E-state index in [0.29, 0.717) is 12.8 Å². The van der Waals surface area contributed by atoms with Gasteiger partial charge in [-0.25, -0.2) is 0 Å². The monoisotopic (exact) mass is 316 g/mol. The highest BCUT2D eigenvalue weighted by molar-refractivity contribution is 6.16. The summed E-state index contributed by atoms with van der Waals surface area (Å²) in [5.74, 6) is -11.2. The maximum absolute atomic E-state index is 11.8. The van der Waals surface area contributed by atoms with Gasteiger partial charge in [0, 0.05) is 12.3 Å². The van der Waals surface area contributed by atoms with Crippen molar-refractivity contribution in [2.24, 2.45) is 17.3 Å². The third kappa shape index (κ3) is 3.07. The standard InChI is InChI=1S/C13H16O9/c14-8-4-2-1-3-6(8)7(9(15)16)5-13(10(17)18,11(19)20)12(21)22/h6-7H,1-5H2,(H,15,16)(H,17,18)(H,19,20)(H,21,22). The fraction of sp³-hybridized carbons (Fsp3) is 0.615. The summed E-state index contributed by atoms with van der Waals surface area (Å²) in [5.41, 5.74) is -3.29. The van der Waals surface area contributed by atoms with Crippen LogP contribution in [0.25, 0.3) is 0 Å². The molecule has 2 unspecified atom stereocenters. The van der Waals surface area contributed by atoms with Crippen molar-refractivity contribution >= 4 is 29.7 Å². The third-order valence-corrected chi connectivity index (χ3v) is 4.03. The maximum atomic E-state index is 11.8. The zero-order valence-electron chi connectivity index (χ0n) is 11.5. The molecule has 9 heteroatoms. The van der Waals surface area contributed by atoms with Crippen molar-refractivity contribution in [1.29, 1.82) is 0 Å². The number of carbonyl (C=O) groups is 5. The molecule has 0 aromatic heterocycles. The summed E-state index contributed by atoms with van der Waals surface area (Å²) in [6, 6.07) is 0. The number of rotatable bonds is 7. The predicted molar refractivity (Wildman–Crippen MR) is 68.0 cm³/mol. The van der Waals surface area contributed by atoms with E-state index in [0.717, 1.165) is 0 Å². The summed E-state index contributed by atoms with van der Waals surface area (Å²) in [5, 5.41) is 36.3. The van der Waals surface area contributed by atoms with Crippen LogP contribution < -0.4 is 0 Å². The van der Waals surface area contributed by atoms with Gasteiger partial charge in [0.1, 0.15) is 5.78 Å². The van der Waals surface area contributed by atoms with Crippen LogP contribution in [0, 0.1) is 17.3 Å². The molecule has 0 saturated heterocycles. The van der Waals surface area contributed by atoms with Crippen molar-refractivity contribution in [3.05, 3.63) is 0 Å². The van der Waals surface area contributed by atoms with Crippen molar-refractivity contribution in [2.75, 3.05) is 0 Å². The van der Waals surface area contributed by atoms with Crippen LogP contribution in [-0.2, 0) is 24.0 Å². The molecule has 0 spiro atoms. The highest BCUT2D eigenvalue weighted by Gasteiger charge is 2.57. The molecular formula is C13H16O9. The van der Waals surface area contributed by atoms with Crippen LogP contribution in [0.3, 0.4) is 0 Å². The van der Waals surface area contributed by atoms with Gasteiger partial charge in [-0.3, -0.25) is 24.0 Å². The second kappa shape index (κ2) is 6.54. The maximum Gasteiger partial charge on any atom is 0.332 e. The molecule has 0 amide bonds. The molecule has 4 N–H and O–H groups in total. The van der Waals surface area contributed by atoms with Crippen LogP contribution >= 0.6 is 0 Å². The number of ketones is 1. The lowest BCUT2D eigenvalue weighted by molar-refractivity contribution is -0.178. The summed E-state index contributed by atoms with van der Waals surface area (Å²) < 4.78 is 0. The molecule has 1 aliphatic carbocycles. The molecule has 1 rings (SSSR count). The number of hydrogen-bond donors (Lipinski definition) is 4. The quantitative estimate of drug-likeness (QED) is 0.475. The van der Waals surface area contributed by atoms with Gasteiger partial charge in [-0.05, 0) is 19.3 Å². The minimum Gasteiger partial charge on any atom is -0.481 e. The van der Waals surface area contributed by atoms with Gasteiger partial charge in [-0.15, -0.1) is 0 Å². The van der Waals surface area contributed by atoms with E-state index in [9.17, 15) is 29.1 Å². The molecule has 0 bridgehead atoms. The second-order valence-electron chi connectivity index (χ2n) is 5.29. The molecule has 2 atom stereocenters. The van der Waals surface area contributed by atoms with Crippen LogP contribution in [0.5, 0.6) is 0 Å². The van der Waals surface area contributed by atoms with Crippen molar-refractivity contribution in [3.8, 4) is 0 Å². The zero-order valence-corrected chi connectivity index (χ0v) is 11.5. The molecule has 0 heterocycles. The minimum absolute atomic E-state index is 0.120. The Morgan fingerprint density at radius 3 is 1.86 bits per heavy atom.